The molecule has 7 nitrogen and oxygen atoms in total. The third-order valence-corrected chi connectivity index (χ3v) is 6.68. The van der Waals surface area contributed by atoms with Gasteiger partial charge in [0.25, 0.3) is 5.91 Å². The van der Waals surface area contributed by atoms with Crippen molar-refractivity contribution in [3.63, 3.8) is 0 Å². The van der Waals surface area contributed by atoms with Gasteiger partial charge in [0.1, 0.15) is 19.0 Å². The Balaban J connectivity index is 1.50. The molecule has 156 valence electrons. The van der Waals surface area contributed by atoms with Crippen LogP contribution in [0.3, 0.4) is 0 Å². The summed E-state index contributed by atoms with van der Waals surface area (Å²) in [6, 6.07) is 14.0. The van der Waals surface area contributed by atoms with Gasteiger partial charge < -0.3 is 14.4 Å². The lowest BCUT2D eigenvalue weighted by atomic mass is 10.0. The Kier molecular flexibility index (Phi) is 5.64. The molecule has 0 unspecified atom stereocenters. The van der Waals surface area contributed by atoms with Crippen molar-refractivity contribution in [1.29, 1.82) is 5.26 Å². The molecule has 0 aromatic heterocycles. The molecule has 2 aliphatic heterocycles. The number of nitriles is 1. The highest BCUT2D eigenvalue weighted by atomic mass is 32.2. The number of hydrogen-bond donors (Lipinski definition) is 0. The summed E-state index contributed by atoms with van der Waals surface area (Å²) in [6.45, 7) is 1.71. The Morgan fingerprint density at radius 3 is 2.57 bits per heavy atom. The SMILES string of the molecule is N#CCS(=O)(=O)Cc1ccc(C(=O)N2CCC[C@@H]2c2ccc3c(c2)OCCO3)cc1. The predicted octanol–water partition coefficient (Wildman–Crippen LogP) is 2.87. The number of amides is 1. The van der Waals surface area contributed by atoms with E-state index in [4.69, 9.17) is 14.7 Å². The monoisotopic (exact) mass is 426 g/mol. The molecule has 4 rings (SSSR count). The van der Waals surface area contributed by atoms with Crippen molar-refractivity contribution in [3.8, 4) is 17.6 Å². The van der Waals surface area contributed by atoms with Crippen LogP contribution in [0.4, 0.5) is 0 Å². The summed E-state index contributed by atoms with van der Waals surface area (Å²) < 4.78 is 34.9. The zero-order chi connectivity index (χ0) is 21.1. The molecule has 1 fully saturated rings. The minimum absolute atomic E-state index is 0.0380. The molecule has 0 spiro atoms. The van der Waals surface area contributed by atoms with E-state index in [1.807, 2.05) is 23.1 Å². The maximum Gasteiger partial charge on any atom is 0.254 e. The van der Waals surface area contributed by atoms with Gasteiger partial charge in [-0.15, -0.1) is 0 Å². The highest BCUT2D eigenvalue weighted by Gasteiger charge is 2.31. The van der Waals surface area contributed by atoms with Crippen LogP contribution in [0.1, 0.15) is 40.4 Å². The first-order valence-electron chi connectivity index (χ1n) is 9.84. The number of likely N-dealkylation sites (tertiary alicyclic amines) is 1. The fraction of sp³-hybridized carbons (Fsp3) is 0.364. The molecule has 8 heteroatoms. The molecule has 0 aliphatic carbocycles. The molecular formula is C22H22N2O5S. The number of nitrogens with zero attached hydrogens (tertiary/aromatic N) is 2. The Hall–Kier alpha value is -3.05. The van der Waals surface area contributed by atoms with E-state index in [9.17, 15) is 13.2 Å². The molecule has 2 aliphatic rings. The summed E-state index contributed by atoms with van der Waals surface area (Å²) in [5.41, 5.74) is 2.09. The fourth-order valence-corrected chi connectivity index (χ4v) is 4.94. The molecule has 1 atom stereocenters. The van der Waals surface area contributed by atoms with Gasteiger partial charge in [0.05, 0.1) is 17.9 Å². The summed E-state index contributed by atoms with van der Waals surface area (Å²) in [7, 11) is -3.46. The van der Waals surface area contributed by atoms with Crippen LogP contribution < -0.4 is 9.47 Å². The molecule has 0 N–H and O–H groups in total. The van der Waals surface area contributed by atoms with Crippen molar-refractivity contribution in [3.05, 3.63) is 59.2 Å². The number of rotatable bonds is 5. The second-order valence-corrected chi connectivity index (χ2v) is 9.51. The lowest BCUT2D eigenvalue weighted by molar-refractivity contribution is 0.0735. The zero-order valence-corrected chi connectivity index (χ0v) is 17.2. The molecule has 2 aromatic rings. The summed E-state index contributed by atoms with van der Waals surface area (Å²) in [6.07, 6.45) is 1.78. The highest BCUT2D eigenvalue weighted by Crippen LogP contribution is 2.38. The van der Waals surface area contributed by atoms with Gasteiger partial charge in [-0.2, -0.15) is 5.26 Å². The maximum atomic E-state index is 13.1. The Labute approximate surface area is 175 Å². The molecule has 2 aromatic carbocycles. The summed E-state index contributed by atoms with van der Waals surface area (Å²) >= 11 is 0. The topological polar surface area (TPSA) is 96.7 Å². The smallest absolute Gasteiger partial charge is 0.254 e. The van der Waals surface area contributed by atoms with Crippen LogP contribution in [0, 0.1) is 11.3 Å². The van der Waals surface area contributed by atoms with Crippen LogP contribution in [0.25, 0.3) is 0 Å². The van der Waals surface area contributed by atoms with Crippen LogP contribution in [0.5, 0.6) is 11.5 Å². The maximum absolute atomic E-state index is 13.1. The van der Waals surface area contributed by atoms with E-state index in [0.717, 1.165) is 24.2 Å². The lowest BCUT2D eigenvalue weighted by Crippen LogP contribution is -2.30. The standard InChI is InChI=1S/C22H22N2O5S/c23-9-13-30(26,27)15-16-3-5-17(6-4-16)22(25)24-10-1-2-19(24)18-7-8-20-21(14-18)29-12-11-28-20/h3-8,14,19H,1-2,10-13,15H2/t19-/m1/s1. The molecule has 0 saturated carbocycles. The molecule has 1 amide bonds. The van der Waals surface area contributed by atoms with Crippen molar-refractivity contribution in [1.82, 2.24) is 4.90 Å². The number of carbonyl (C=O) groups excluding carboxylic acids is 1. The number of hydrogen-bond acceptors (Lipinski definition) is 6. The van der Waals surface area contributed by atoms with E-state index in [1.54, 1.807) is 30.3 Å². The van der Waals surface area contributed by atoms with Gasteiger partial charge in [-0.25, -0.2) is 8.42 Å². The number of benzene rings is 2. The summed E-state index contributed by atoms with van der Waals surface area (Å²) in [4.78, 5) is 15.0. The zero-order valence-electron chi connectivity index (χ0n) is 16.4. The van der Waals surface area contributed by atoms with Crippen molar-refractivity contribution < 1.29 is 22.7 Å². The number of carbonyl (C=O) groups is 1. The molecular weight excluding hydrogens is 404 g/mol. The van der Waals surface area contributed by atoms with E-state index < -0.39 is 15.6 Å². The molecule has 1 saturated heterocycles. The van der Waals surface area contributed by atoms with Crippen LogP contribution in [-0.2, 0) is 15.6 Å². The second kappa shape index (κ2) is 8.36. The fourth-order valence-electron chi connectivity index (χ4n) is 3.94. The molecule has 2 heterocycles. The summed E-state index contributed by atoms with van der Waals surface area (Å²) in [5, 5.41) is 8.61. The van der Waals surface area contributed by atoms with E-state index >= 15 is 0 Å². The molecule has 0 radical (unpaired) electrons. The number of fused-ring (bicyclic) bond motifs is 1. The van der Waals surface area contributed by atoms with Gasteiger partial charge in [0.2, 0.25) is 0 Å². The van der Waals surface area contributed by atoms with Crippen molar-refractivity contribution >= 4 is 15.7 Å². The Morgan fingerprint density at radius 1 is 1.10 bits per heavy atom. The van der Waals surface area contributed by atoms with E-state index in [2.05, 4.69) is 0 Å². The lowest BCUT2D eigenvalue weighted by Gasteiger charge is -2.27. The van der Waals surface area contributed by atoms with Crippen LogP contribution >= 0.6 is 0 Å². The first-order chi connectivity index (χ1) is 14.5. The van der Waals surface area contributed by atoms with Gasteiger partial charge in [-0.3, -0.25) is 4.79 Å². The van der Waals surface area contributed by atoms with E-state index in [0.29, 0.717) is 36.6 Å². The first kappa shape index (κ1) is 20.2. The second-order valence-electron chi connectivity index (χ2n) is 7.45. The van der Waals surface area contributed by atoms with Gasteiger partial charge in [-0.05, 0) is 48.2 Å². The van der Waals surface area contributed by atoms with Gasteiger partial charge >= 0.3 is 0 Å². The Morgan fingerprint density at radius 2 is 1.83 bits per heavy atom. The van der Waals surface area contributed by atoms with Crippen molar-refractivity contribution in [2.24, 2.45) is 0 Å². The van der Waals surface area contributed by atoms with Crippen molar-refractivity contribution in [2.75, 3.05) is 25.5 Å². The van der Waals surface area contributed by atoms with Gasteiger partial charge in [0.15, 0.2) is 21.3 Å². The average molecular weight is 426 g/mol. The van der Waals surface area contributed by atoms with Gasteiger partial charge in [0, 0.05) is 12.1 Å². The van der Waals surface area contributed by atoms with Crippen LogP contribution in [0.15, 0.2) is 42.5 Å². The number of ether oxygens (including phenoxy) is 2. The largest absolute Gasteiger partial charge is 0.486 e. The highest BCUT2D eigenvalue weighted by molar-refractivity contribution is 7.90. The molecule has 0 bridgehead atoms. The van der Waals surface area contributed by atoms with Crippen molar-refractivity contribution in [2.45, 2.75) is 24.6 Å². The van der Waals surface area contributed by atoms with Gasteiger partial charge in [-0.1, -0.05) is 18.2 Å². The first-order valence-corrected chi connectivity index (χ1v) is 11.7. The van der Waals surface area contributed by atoms with Crippen LogP contribution in [-0.4, -0.2) is 44.7 Å². The third-order valence-electron chi connectivity index (χ3n) is 5.34. The number of sulfone groups is 1. The third kappa shape index (κ3) is 4.26. The Bertz CT molecular complexity index is 1090. The molecule has 30 heavy (non-hydrogen) atoms. The van der Waals surface area contributed by atoms with E-state index in [1.165, 1.54) is 0 Å². The quantitative estimate of drug-likeness (QED) is 0.729. The predicted molar refractivity (Wildman–Crippen MR) is 110 cm³/mol. The minimum atomic E-state index is -3.46. The van der Waals surface area contributed by atoms with E-state index in [-0.39, 0.29) is 17.7 Å². The average Bonchev–Trinajstić information content (AvgIpc) is 3.23. The normalized spacial score (nSPS) is 18.1. The minimum Gasteiger partial charge on any atom is -0.486 e. The summed E-state index contributed by atoms with van der Waals surface area (Å²) in [5.74, 6) is 0.625. The van der Waals surface area contributed by atoms with Crippen LogP contribution in [0.2, 0.25) is 0 Å².